The van der Waals surface area contributed by atoms with Crippen molar-refractivity contribution in [3.8, 4) is 0 Å². The molecule has 0 aromatic heterocycles. The summed E-state index contributed by atoms with van der Waals surface area (Å²) in [6, 6.07) is 6.40. The number of anilines is 1. The number of hydrogen-bond donors (Lipinski definition) is 2. The predicted molar refractivity (Wildman–Crippen MR) is 63.1 cm³/mol. The second-order valence-corrected chi connectivity index (χ2v) is 4.04. The molecule has 2 amide bonds. The Morgan fingerprint density at radius 3 is 2.82 bits per heavy atom. The minimum atomic E-state index is -1.04. The number of carbonyl (C=O) groups is 2. The summed E-state index contributed by atoms with van der Waals surface area (Å²) < 4.78 is 0. The van der Waals surface area contributed by atoms with E-state index in [4.69, 9.17) is 5.11 Å². The van der Waals surface area contributed by atoms with Crippen LogP contribution in [0.25, 0.3) is 0 Å². The predicted octanol–water partition coefficient (Wildman–Crippen LogP) is 1.23. The zero-order valence-electron chi connectivity index (χ0n) is 9.51. The van der Waals surface area contributed by atoms with Gasteiger partial charge in [0.15, 0.2) is 0 Å². The van der Waals surface area contributed by atoms with Crippen LogP contribution in [0.5, 0.6) is 0 Å². The highest BCUT2D eigenvalue weighted by atomic mass is 16.4. The molecule has 1 aliphatic rings. The van der Waals surface area contributed by atoms with Crippen molar-refractivity contribution in [1.82, 2.24) is 5.32 Å². The number of carbonyl (C=O) groups excluding carboxylic acids is 1. The van der Waals surface area contributed by atoms with Crippen LogP contribution in [0.3, 0.4) is 0 Å². The van der Waals surface area contributed by atoms with Crippen molar-refractivity contribution >= 4 is 17.7 Å². The lowest BCUT2D eigenvalue weighted by Gasteiger charge is -2.19. The van der Waals surface area contributed by atoms with Crippen LogP contribution >= 0.6 is 0 Å². The molecule has 5 nitrogen and oxygen atoms in total. The average Bonchev–Trinajstić information content (AvgIpc) is 2.72. The van der Waals surface area contributed by atoms with Crippen molar-refractivity contribution < 1.29 is 14.7 Å². The Labute approximate surface area is 99.0 Å². The summed E-state index contributed by atoms with van der Waals surface area (Å²) in [6.07, 6.45) is 0.811. The average molecular weight is 234 g/mol. The Kier molecular flexibility index (Phi) is 2.99. The maximum Gasteiger partial charge on any atom is 0.325 e. The quantitative estimate of drug-likeness (QED) is 0.808. The summed E-state index contributed by atoms with van der Waals surface area (Å²) in [5, 5.41) is 11.2. The largest absolute Gasteiger partial charge is 0.480 e. The molecule has 2 N–H and O–H groups in total. The summed E-state index contributed by atoms with van der Waals surface area (Å²) in [7, 11) is 0. The van der Waals surface area contributed by atoms with Crippen LogP contribution in [0, 0.1) is 0 Å². The van der Waals surface area contributed by atoms with E-state index >= 15 is 0 Å². The number of benzene rings is 1. The molecule has 1 aromatic rings. The number of hydrogen-bond acceptors (Lipinski definition) is 2. The molecule has 1 aromatic carbocycles. The van der Waals surface area contributed by atoms with Gasteiger partial charge in [0.25, 0.3) is 0 Å². The Morgan fingerprint density at radius 1 is 1.41 bits per heavy atom. The fraction of sp³-hybridized carbons (Fsp3) is 0.333. The van der Waals surface area contributed by atoms with Gasteiger partial charge in [-0.05, 0) is 25.0 Å². The third-order valence-corrected chi connectivity index (χ3v) is 2.84. The molecule has 0 unspecified atom stereocenters. The molecule has 90 valence electrons. The zero-order valence-corrected chi connectivity index (χ0v) is 9.51. The monoisotopic (exact) mass is 234 g/mol. The number of nitrogens with zero attached hydrogens (tertiary/aromatic N) is 1. The molecule has 5 heteroatoms. The highest BCUT2D eigenvalue weighted by Crippen LogP contribution is 2.27. The molecular formula is C12H14N2O3. The van der Waals surface area contributed by atoms with E-state index in [1.165, 1.54) is 6.92 Å². The van der Waals surface area contributed by atoms with E-state index in [1.54, 1.807) is 4.90 Å². The first-order chi connectivity index (χ1) is 8.09. The minimum Gasteiger partial charge on any atom is -0.480 e. The molecule has 1 atom stereocenters. The standard InChI is InChI=1S/C12H14N2O3/c1-8(11(15)16)13-12(17)14-7-6-9-4-2-3-5-10(9)14/h2-5,8H,6-7H2,1H3,(H,13,17)(H,15,16)/t8-/m1/s1. The van der Waals surface area contributed by atoms with Gasteiger partial charge in [-0.15, -0.1) is 0 Å². The topological polar surface area (TPSA) is 69.6 Å². The second kappa shape index (κ2) is 4.45. The molecule has 0 spiro atoms. The molecule has 1 aliphatic heterocycles. The van der Waals surface area contributed by atoms with Crippen LogP contribution in [0.15, 0.2) is 24.3 Å². The van der Waals surface area contributed by atoms with Gasteiger partial charge in [-0.1, -0.05) is 18.2 Å². The van der Waals surface area contributed by atoms with E-state index in [2.05, 4.69) is 5.32 Å². The summed E-state index contributed by atoms with van der Waals surface area (Å²) in [6.45, 7) is 2.04. The number of aliphatic carboxylic acids is 1. The lowest BCUT2D eigenvalue weighted by molar-refractivity contribution is -0.138. The van der Waals surface area contributed by atoms with Gasteiger partial charge in [-0.3, -0.25) is 9.69 Å². The molecule has 1 heterocycles. The number of urea groups is 1. The van der Waals surface area contributed by atoms with E-state index in [9.17, 15) is 9.59 Å². The number of carboxylic acid groups (broad SMARTS) is 1. The summed E-state index contributed by atoms with van der Waals surface area (Å²) in [5.41, 5.74) is 1.98. The lowest BCUT2D eigenvalue weighted by atomic mass is 10.2. The first-order valence-electron chi connectivity index (χ1n) is 5.48. The summed E-state index contributed by atoms with van der Waals surface area (Å²) in [5.74, 6) is -1.04. The molecular weight excluding hydrogens is 220 g/mol. The number of nitrogens with one attached hydrogen (secondary N) is 1. The van der Waals surface area contributed by atoms with Crippen LogP contribution in [0.1, 0.15) is 12.5 Å². The third-order valence-electron chi connectivity index (χ3n) is 2.84. The Morgan fingerprint density at radius 2 is 2.12 bits per heavy atom. The number of rotatable bonds is 2. The number of fused-ring (bicyclic) bond motifs is 1. The van der Waals surface area contributed by atoms with E-state index in [-0.39, 0.29) is 6.03 Å². The highest BCUT2D eigenvalue weighted by Gasteiger charge is 2.26. The Balaban J connectivity index is 2.10. The van der Waals surface area contributed by atoms with Crippen molar-refractivity contribution in [2.75, 3.05) is 11.4 Å². The van der Waals surface area contributed by atoms with Gasteiger partial charge in [-0.25, -0.2) is 4.79 Å². The summed E-state index contributed by atoms with van der Waals surface area (Å²) in [4.78, 5) is 24.1. The van der Waals surface area contributed by atoms with Gasteiger partial charge in [0.05, 0.1) is 0 Å². The first kappa shape index (κ1) is 11.4. The van der Waals surface area contributed by atoms with Crippen LogP contribution < -0.4 is 10.2 Å². The SMILES string of the molecule is C[C@@H](NC(=O)N1CCc2ccccc21)C(=O)O. The molecule has 0 saturated heterocycles. The van der Waals surface area contributed by atoms with Gasteiger partial charge in [0, 0.05) is 12.2 Å². The highest BCUT2D eigenvalue weighted by molar-refractivity contribution is 5.96. The molecule has 17 heavy (non-hydrogen) atoms. The molecule has 0 fully saturated rings. The minimum absolute atomic E-state index is 0.357. The Hall–Kier alpha value is -2.04. The number of amides is 2. The van der Waals surface area contributed by atoms with Crippen molar-refractivity contribution in [2.45, 2.75) is 19.4 Å². The summed E-state index contributed by atoms with van der Waals surface area (Å²) >= 11 is 0. The normalized spacial score (nSPS) is 15.2. The van der Waals surface area contributed by atoms with E-state index in [0.717, 1.165) is 17.7 Å². The van der Waals surface area contributed by atoms with E-state index in [0.29, 0.717) is 6.54 Å². The van der Waals surface area contributed by atoms with Crippen LogP contribution in [0.2, 0.25) is 0 Å². The van der Waals surface area contributed by atoms with Gasteiger partial charge >= 0.3 is 12.0 Å². The van der Waals surface area contributed by atoms with Crippen LogP contribution in [-0.2, 0) is 11.2 Å². The van der Waals surface area contributed by atoms with Gasteiger partial charge in [-0.2, -0.15) is 0 Å². The molecule has 0 aliphatic carbocycles. The molecule has 0 radical (unpaired) electrons. The zero-order chi connectivity index (χ0) is 12.4. The van der Waals surface area contributed by atoms with Crippen molar-refractivity contribution in [2.24, 2.45) is 0 Å². The molecule has 0 bridgehead atoms. The fourth-order valence-corrected chi connectivity index (χ4v) is 1.87. The molecule has 2 rings (SSSR count). The van der Waals surface area contributed by atoms with Crippen LogP contribution in [-0.4, -0.2) is 29.7 Å². The van der Waals surface area contributed by atoms with Gasteiger partial charge in [0.1, 0.15) is 6.04 Å². The molecule has 0 saturated carbocycles. The Bertz CT molecular complexity index is 459. The lowest BCUT2D eigenvalue weighted by Crippen LogP contribution is -2.46. The van der Waals surface area contributed by atoms with Crippen molar-refractivity contribution in [3.05, 3.63) is 29.8 Å². The maximum absolute atomic E-state index is 11.9. The van der Waals surface area contributed by atoms with Gasteiger partial charge in [0.2, 0.25) is 0 Å². The number of para-hydroxylation sites is 1. The second-order valence-electron chi connectivity index (χ2n) is 4.04. The third kappa shape index (κ3) is 2.22. The maximum atomic E-state index is 11.9. The smallest absolute Gasteiger partial charge is 0.325 e. The van der Waals surface area contributed by atoms with E-state index < -0.39 is 12.0 Å². The van der Waals surface area contributed by atoms with Crippen molar-refractivity contribution in [3.63, 3.8) is 0 Å². The number of carboxylic acids is 1. The van der Waals surface area contributed by atoms with Gasteiger partial charge < -0.3 is 10.4 Å². The van der Waals surface area contributed by atoms with E-state index in [1.807, 2.05) is 24.3 Å². The fourth-order valence-electron chi connectivity index (χ4n) is 1.87. The van der Waals surface area contributed by atoms with Crippen LogP contribution in [0.4, 0.5) is 10.5 Å². The first-order valence-corrected chi connectivity index (χ1v) is 5.48. The van der Waals surface area contributed by atoms with Crippen molar-refractivity contribution in [1.29, 1.82) is 0 Å².